The van der Waals surface area contributed by atoms with Crippen LogP contribution in [-0.2, 0) is 0 Å². The van der Waals surface area contributed by atoms with Gasteiger partial charge < -0.3 is 10.2 Å². The highest BCUT2D eigenvalue weighted by Crippen LogP contribution is 2.24. The molecule has 1 rings (SSSR count). The second-order valence-corrected chi connectivity index (χ2v) is 4.17. The molecule has 0 spiro atoms. The number of nitrogens with zero attached hydrogens (tertiary/aromatic N) is 1. The summed E-state index contributed by atoms with van der Waals surface area (Å²) < 4.78 is 0. The molecule has 0 atom stereocenters. The summed E-state index contributed by atoms with van der Waals surface area (Å²) >= 11 is 11.7. The van der Waals surface area contributed by atoms with Gasteiger partial charge in [0.15, 0.2) is 0 Å². The van der Waals surface area contributed by atoms with E-state index in [1.807, 2.05) is 43.4 Å². The van der Waals surface area contributed by atoms with Crippen LogP contribution in [0.5, 0.6) is 0 Å². The van der Waals surface area contributed by atoms with Gasteiger partial charge in [0.2, 0.25) is 0 Å². The predicted octanol–water partition coefficient (Wildman–Crippen LogP) is 3.48. The molecule has 0 fully saturated rings. The van der Waals surface area contributed by atoms with Gasteiger partial charge in [-0.15, -0.1) is 0 Å². The SMILES string of the molecule is CN(C)/C=C/CNc1ccc(Cl)c(Cl)c1. The number of hydrogen-bond acceptors (Lipinski definition) is 2. The van der Waals surface area contributed by atoms with E-state index in [0.29, 0.717) is 10.0 Å². The Balaban J connectivity index is 2.48. The van der Waals surface area contributed by atoms with Crippen molar-refractivity contribution in [1.29, 1.82) is 0 Å². The summed E-state index contributed by atoms with van der Waals surface area (Å²) in [4.78, 5) is 1.98. The highest BCUT2D eigenvalue weighted by atomic mass is 35.5. The van der Waals surface area contributed by atoms with Crippen molar-refractivity contribution in [3.8, 4) is 0 Å². The van der Waals surface area contributed by atoms with Crippen molar-refractivity contribution in [1.82, 2.24) is 4.90 Å². The smallest absolute Gasteiger partial charge is 0.0612 e. The average molecular weight is 245 g/mol. The molecule has 0 aliphatic rings. The second kappa shape index (κ2) is 5.89. The van der Waals surface area contributed by atoms with Crippen LogP contribution in [-0.4, -0.2) is 25.5 Å². The van der Waals surface area contributed by atoms with Crippen LogP contribution in [0.1, 0.15) is 0 Å². The highest BCUT2D eigenvalue weighted by molar-refractivity contribution is 6.42. The van der Waals surface area contributed by atoms with Crippen LogP contribution < -0.4 is 5.32 Å². The Bertz CT molecular complexity index is 348. The minimum Gasteiger partial charge on any atom is -0.384 e. The van der Waals surface area contributed by atoms with Crippen molar-refractivity contribution in [2.75, 3.05) is 26.0 Å². The average Bonchev–Trinajstić information content (AvgIpc) is 2.18. The van der Waals surface area contributed by atoms with Crippen LogP contribution in [0.2, 0.25) is 10.0 Å². The van der Waals surface area contributed by atoms with Gasteiger partial charge in [0, 0.05) is 26.3 Å². The third kappa shape index (κ3) is 4.45. The summed E-state index contributed by atoms with van der Waals surface area (Å²) in [6.07, 6.45) is 4.02. The minimum atomic E-state index is 0.568. The normalized spacial score (nSPS) is 10.7. The molecule has 2 nitrogen and oxygen atoms in total. The fourth-order valence-corrected chi connectivity index (χ4v) is 1.34. The van der Waals surface area contributed by atoms with E-state index in [0.717, 1.165) is 12.2 Å². The molecule has 4 heteroatoms. The van der Waals surface area contributed by atoms with Crippen LogP contribution in [0.3, 0.4) is 0 Å². The lowest BCUT2D eigenvalue weighted by atomic mass is 10.3. The Hall–Kier alpha value is -0.860. The van der Waals surface area contributed by atoms with E-state index in [4.69, 9.17) is 23.2 Å². The number of hydrogen-bond donors (Lipinski definition) is 1. The van der Waals surface area contributed by atoms with Gasteiger partial charge in [-0.2, -0.15) is 0 Å². The lowest BCUT2D eigenvalue weighted by Gasteiger charge is -2.06. The largest absolute Gasteiger partial charge is 0.384 e. The molecule has 0 saturated heterocycles. The number of rotatable bonds is 4. The van der Waals surface area contributed by atoms with Crippen LogP contribution in [0, 0.1) is 0 Å². The number of benzene rings is 1. The fourth-order valence-electron chi connectivity index (χ4n) is 1.05. The highest BCUT2D eigenvalue weighted by Gasteiger charge is 1.97. The van der Waals surface area contributed by atoms with E-state index in [1.165, 1.54) is 0 Å². The lowest BCUT2D eigenvalue weighted by molar-refractivity contribution is 0.562. The third-order valence-electron chi connectivity index (χ3n) is 1.75. The Morgan fingerprint density at radius 2 is 2.00 bits per heavy atom. The zero-order valence-electron chi connectivity index (χ0n) is 8.80. The standard InChI is InChI=1S/C11H14Cl2N2/c1-15(2)7-3-6-14-9-4-5-10(12)11(13)8-9/h3-5,7-8,14H,6H2,1-2H3/b7-3+. The van der Waals surface area contributed by atoms with Crippen molar-refractivity contribution in [2.45, 2.75) is 0 Å². The van der Waals surface area contributed by atoms with Crippen LogP contribution in [0.15, 0.2) is 30.5 Å². The predicted molar refractivity (Wildman–Crippen MR) is 67.8 cm³/mol. The molecule has 0 aliphatic carbocycles. The minimum absolute atomic E-state index is 0.568. The molecule has 0 aliphatic heterocycles. The summed E-state index contributed by atoms with van der Waals surface area (Å²) in [5.74, 6) is 0. The van der Waals surface area contributed by atoms with Gasteiger partial charge in [0.1, 0.15) is 0 Å². The van der Waals surface area contributed by atoms with Gasteiger partial charge in [0.05, 0.1) is 10.0 Å². The molecule has 0 amide bonds. The van der Waals surface area contributed by atoms with E-state index in [2.05, 4.69) is 5.32 Å². The van der Waals surface area contributed by atoms with E-state index >= 15 is 0 Å². The maximum Gasteiger partial charge on any atom is 0.0612 e. The first-order chi connectivity index (χ1) is 7.09. The molecular formula is C11H14Cl2N2. The summed E-state index contributed by atoms with van der Waals surface area (Å²) in [5.41, 5.74) is 0.966. The lowest BCUT2D eigenvalue weighted by Crippen LogP contribution is -2.03. The quantitative estimate of drug-likeness (QED) is 0.873. The molecule has 0 bridgehead atoms. The molecule has 82 valence electrons. The van der Waals surface area contributed by atoms with E-state index < -0.39 is 0 Å². The molecule has 1 aromatic rings. The molecule has 1 N–H and O–H groups in total. The molecule has 1 aromatic carbocycles. The van der Waals surface area contributed by atoms with E-state index in [-0.39, 0.29) is 0 Å². The van der Waals surface area contributed by atoms with Gasteiger partial charge in [-0.3, -0.25) is 0 Å². The zero-order chi connectivity index (χ0) is 11.3. The van der Waals surface area contributed by atoms with Crippen LogP contribution in [0.25, 0.3) is 0 Å². The molecule has 0 heterocycles. The monoisotopic (exact) mass is 244 g/mol. The Labute approximate surface area is 100 Å². The van der Waals surface area contributed by atoms with Crippen LogP contribution in [0.4, 0.5) is 5.69 Å². The third-order valence-corrected chi connectivity index (χ3v) is 2.49. The van der Waals surface area contributed by atoms with Crippen molar-refractivity contribution in [3.05, 3.63) is 40.5 Å². The summed E-state index contributed by atoms with van der Waals surface area (Å²) in [6, 6.07) is 5.49. The van der Waals surface area contributed by atoms with Crippen molar-refractivity contribution < 1.29 is 0 Å². The van der Waals surface area contributed by atoms with Gasteiger partial charge in [-0.1, -0.05) is 23.2 Å². The first kappa shape index (κ1) is 12.2. The maximum atomic E-state index is 5.88. The fraction of sp³-hybridized carbons (Fsp3) is 0.273. The van der Waals surface area contributed by atoms with Crippen molar-refractivity contribution in [2.24, 2.45) is 0 Å². The summed E-state index contributed by atoms with van der Waals surface area (Å²) in [5, 5.41) is 4.35. The maximum absolute atomic E-state index is 5.88. The number of anilines is 1. The molecule has 0 radical (unpaired) electrons. The van der Waals surface area contributed by atoms with Crippen molar-refractivity contribution >= 4 is 28.9 Å². The van der Waals surface area contributed by atoms with Gasteiger partial charge in [-0.25, -0.2) is 0 Å². The van der Waals surface area contributed by atoms with Crippen molar-refractivity contribution in [3.63, 3.8) is 0 Å². The molecule has 0 unspecified atom stereocenters. The molecule has 0 aromatic heterocycles. The van der Waals surface area contributed by atoms with E-state index in [1.54, 1.807) is 6.07 Å². The number of nitrogens with one attached hydrogen (secondary N) is 1. The Kier molecular flexibility index (Phi) is 4.79. The Morgan fingerprint density at radius 1 is 1.27 bits per heavy atom. The van der Waals surface area contributed by atoms with Crippen LogP contribution >= 0.6 is 23.2 Å². The molecular weight excluding hydrogens is 231 g/mol. The molecule has 0 saturated carbocycles. The first-order valence-electron chi connectivity index (χ1n) is 4.61. The number of halogens is 2. The van der Waals surface area contributed by atoms with Gasteiger partial charge in [0.25, 0.3) is 0 Å². The van der Waals surface area contributed by atoms with Gasteiger partial charge >= 0.3 is 0 Å². The second-order valence-electron chi connectivity index (χ2n) is 3.36. The Morgan fingerprint density at radius 3 is 2.60 bits per heavy atom. The zero-order valence-corrected chi connectivity index (χ0v) is 10.3. The van der Waals surface area contributed by atoms with E-state index in [9.17, 15) is 0 Å². The topological polar surface area (TPSA) is 15.3 Å². The molecule has 15 heavy (non-hydrogen) atoms. The summed E-state index contributed by atoms with van der Waals surface area (Å²) in [6.45, 7) is 0.760. The first-order valence-corrected chi connectivity index (χ1v) is 5.37. The summed E-state index contributed by atoms with van der Waals surface area (Å²) in [7, 11) is 3.96. The van der Waals surface area contributed by atoms with Gasteiger partial charge in [-0.05, 0) is 30.5 Å².